The van der Waals surface area contributed by atoms with Gasteiger partial charge in [-0.3, -0.25) is 9.29 Å². The molecular weight excluding hydrogens is 496 g/mol. The van der Waals surface area contributed by atoms with Crippen LogP contribution in [0, 0.1) is 17.0 Å². The van der Waals surface area contributed by atoms with E-state index in [0.717, 1.165) is 36.4 Å². The molecule has 2 N–H and O–H groups in total. The van der Waals surface area contributed by atoms with E-state index in [1.54, 1.807) is 6.92 Å². The second-order valence-corrected chi connectivity index (χ2v) is 10.8. The molecule has 2 fully saturated rings. The fourth-order valence-corrected chi connectivity index (χ4v) is 6.20. The Hall–Kier alpha value is -2.46. The fourth-order valence-electron chi connectivity index (χ4n) is 6.20. The lowest BCUT2D eigenvalue weighted by Gasteiger charge is -2.42. The van der Waals surface area contributed by atoms with Crippen molar-refractivity contribution in [3.63, 3.8) is 0 Å². The van der Waals surface area contributed by atoms with Crippen LogP contribution in [-0.2, 0) is 6.42 Å². The summed E-state index contributed by atoms with van der Waals surface area (Å²) in [6.45, 7) is 1.94. The van der Waals surface area contributed by atoms with E-state index in [4.69, 9.17) is 0 Å². The van der Waals surface area contributed by atoms with Crippen molar-refractivity contribution in [2.24, 2.45) is 5.41 Å². The molecule has 1 saturated carbocycles. The van der Waals surface area contributed by atoms with Crippen molar-refractivity contribution in [1.29, 1.82) is 0 Å². The summed E-state index contributed by atoms with van der Waals surface area (Å²) in [6, 6.07) is 4.51. The predicted molar refractivity (Wildman–Crippen MR) is 128 cm³/mol. The van der Waals surface area contributed by atoms with Gasteiger partial charge in [-0.1, -0.05) is 6.07 Å². The number of hydrogen-bond acceptors (Lipinski definition) is 4. The minimum Gasteiger partial charge on any atom is -0.508 e. The zero-order valence-electron chi connectivity index (χ0n) is 20.6. The van der Waals surface area contributed by atoms with Gasteiger partial charge in [0.2, 0.25) is 0 Å². The van der Waals surface area contributed by atoms with Gasteiger partial charge in [-0.2, -0.15) is 13.2 Å². The number of alkyl halides is 4. The Morgan fingerprint density at radius 2 is 1.81 bits per heavy atom. The Kier molecular flexibility index (Phi) is 6.85. The third kappa shape index (κ3) is 5.27. The second kappa shape index (κ2) is 9.69. The molecule has 0 aromatic heterocycles. The molecule has 0 radical (unpaired) electrons. The number of nitrogens with one attached hydrogen (secondary N) is 1. The molecule has 5 rings (SSSR count). The molecule has 2 heterocycles. The SMILES string of the molecule is C[C@@H]1Cc2cc(O)ccc2[C@@H](c2c(F)cc(N[C@@H]3CN(CCCF)CC34CC4)cc2F)N1CC(F)(F)F. The first-order valence-corrected chi connectivity index (χ1v) is 12.7. The van der Waals surface area contributed by atoms with Crippen LogP contribution in [-0.4, -0.2) is 66.0 Å². The van der Waals surface area contributed by atoms with Crippen molar-refractivity contribution in [3.8, 4) is 5.75 Å². The third-order valence-electron chi connectivity index (χ3n) is 8.11. The first-order chi connectivity index (χ1) is 17.5. The molecule has 1 saturated heterocycles. The van der Waals surface area contributed by atoms with Crippen LogP contribution in [0.25, 0.3) is 0 Å². The third-order valence-corrected chi connectivity index (χ3v) is 8.11. The summed E-state index contributed by atoms with van der Waals surface area (Å²) < 4.78 is 84.5. The van der Waals surface area contributed by atoms with Crippen LogP contribution in [0.15, 0.2) is 30.3 Å². The van der Waals surface area contributed by atoms with Gasteiger partial charge in [0.15, 0.2) is 0 Å². The average molecular weight is 528 g/mol. The normalized spacial score (nSPS) is 25.4. The number of likely N-dealkylation sites (tertiary alicyclic amines) is 1. The largest absolute Gasteiger partial charge is 0.508 e. The fraction of sp³-hybridized carbons (Fsp3) is 0.556. The summed E-state index contributed by atoms with van der Waals surface area (Å²) in [5.41, 5.74) is 0.706. The van der Waals surface area contributed by atoms with E-state index in [-0.39, 0.29) is 29.3 Å². The van der Waals surface area contributed by atoms with E-state index in [1.165, 1.54) is 18.2 Å². The lowest BCUT2D eigenvalue weighted by Crippen LogP contribution is -2.47. The molecule has 2 aromatic rings. The van der Waals surface area contributed by atoms with Crippen LogP contribution >= 0.6 is 0 Å². The molecule has 3 aliphatic rings. The summed E-state index contributed by atoms with van der Waals surface area (Å²) in [5.74, 6) is -1.91. The zero-order valence-corrected chi connectivity index (χ0v) is 20.6. The lowest BCUT2D eigenvalue weighted by molar-refractivity contribution is -0.155. The van der Waals surface area contributed by atoms with Gasteiger partial charge in [-0.25, -0.2) is 8.78 Å². The van der Waals surface area contributed by atoms with Gasteiger partial charge in [-0.05, 0) is 68.0 Å². The van der Waals surface area contributed by atoms with Gasteiger partial charge in [0.05, 0.1) is 19.3 Å². The number of hydrogen-bond donors (Lipinski definition) is 2. The highest BCUT2D eigenvalue weighted by Crippen LogP contribution is 2.54. The van der Waals surface area contributed by atoms with Crippen LogP contribution in [0.2, 0.25) is 0 Å². The number of aromatic hydroxyl groups is 1. The van der Waals surface area contributed by atoms with Crippen molar-refractivity contribution in [2.45, 2.75) is 56.9 Å². The topological polar surface area (TPSA) is 38.7 Å². The molecule has 1 aliphatic carbocycles. The molecule has 0 amide bonds. The number of fused-ring (bicyclic) bond motifs is 1. The maximum absolute atomic E-state index is 15.6. The second-order valence-electron chi connectivity index (χ2n) is 10.8. The molecule has 0 unspecified atom stereocenters. The monoisotopic (exact) mass is 527 g/mol. The molecule has 0 bridgehead atoms. The van der Waals surface area contributed by atoms with Gasteiger partial charge in [0.1, 0.15) is 17.4 Å². The van der Waals surface area contributed by atoms with E-state index in [1.807, 2.05) is 0 Å². The number of nitrogens with zero attached hydrogens (tertiary/aromatic N) is 2. The van der Waals surface area contributed by atoms with Crippen LogP contribution in [0.4, 0.5) is 32.0 Å². The maximum Gasteiger partial charge on any atom is 0.401 e. The molecule has 4 nitrogen and oxygen atoms in total. The quantitative estimate of drug-likeness (QED) is 0.447. The van der Waals surface area contributed by atoms with Crippen LogP contribution in [0.1, 0.15) is 48.9 Å². The van der Waals surface area contributed by atoms with Crippen molar-refractivity contribution in [3.05, 3.63) is 58.7 Å². The molecule has 3 atom stereocenters. The Morgan fingerprint density at radius 3 is 2.43 bits per heavy atom. The lowest BCUT2D eigenvalue weighted by atomic mass is 9.84. The van der Waals surface area contributed by atoms with E-state index in [9.17, 15) is 22.7 Å². The average Bonchev–Trinajstić information content (AvgIpc) is 3.49. The molecule has 37 heavy (non-hydrogen) atoms. The van der Waals surface area contributed by atoms with Crippen LogP contribution in [0.5, 0.6) is 5.75 Å². The number of anilines is 1. The summed E-state index contributed by atoms with van der Waals surface area (Å²) in [7, 11) is 0. The van der Waals surface area contributed by atoms with Crippen molar-refractivity contribution in [1.82, 2.24) is 9.80 Å². The number of phenols is 1. The highest BCUT2D eigenvalue weighted by molar-refractivity contribution is 5.52. The molecule has 10 heteroatoms. The smallest absolute Gasteiger partial charge is 0.401 e. The van der Waals surface area contributed by atoms with E-state index in [0.29, 0.717) is 30.6 Å². The Labute approximate surface area is 212 Å². The first-order valence-electron chi connectivity index (χ1n) is 12.7. The summed E-state index contributed by atoms with van der Waals surface area (Å²) >= 11 is 0. The number of halogens is 6. The Balaban J connectivity index is 1.47. The molecule has 2 aliphatic heterocycles. The van der Waals surface area contributed by atoms with E-state index in [2.05, 4.69) is 10.2 Å². The van der Waals surface area contributed by atoms with Gasteiger partial charge in [0.25, 0.3) is 0 Å². The van der Waals surface area contributed by atoms with Gasteiger partial charge < -0.3 is 15.3 Å². The van der Waals surface area contributed by atoms with Crippen LogP contribution < -0.4 is 5.32 Å². The Morgan fingerprint density at radius 1 is 1.11 bits per heavy atom. The molecule has 202 valence electrons. The first kappa shape index (κ1) is 26.2. The van der Waals surface area contributed by atoms with E-state index < -0.39 is 48.7 Å². The van der Waals surface area contributed by atoms with Crippen molar-refractivity contribution >= 4 is 5.69 Å². The highest BCUT2D eigenvalue weighted by atomic mass is 19.4. The number of rotatable bonds is 7. The van der Waals surface area contributed by atoms with Crippen molar-refractivity contribution in [2.75, 3.05) is 38.2 Å². The zero-order chi connectivity index (χ0) is 26.5. The number of phenolic OH excluding ortho intramolecular Hbond substituents is 1. The molecule has 1 spiro atoms. The highest BCUT2D eigenvalue weighted by Gasteiger charge is 2.54. The summed E-state index contributed by atoms with van der Waals surface area (Å²) in [5, 5.41) is 13.2. The predicted octanol–water partition coefficient (Wildman–Crippen LogP) is 5.80. The molecular formula is C27H31F6N3O. The van der Waals surface area contributed by atoms with Gasteiger partial charge in [-0.15, -0.1) is 0 Å². The standard InChI is InChI=1S/C27H31F6N3O/c1-16-9-17-10-19(37)3-4-20(17)25(36(16)15-27(31,32)33)24-21(29)11-18(12-22(24)30)34-23-13-35(8-2-7-28)14-26(23)5-6-26/h3-4,10-12,16,23,25,34,37H,2,5-9,13-15H2,1H3/t16-,23-,25+/m1/s1. The minimum absolute atomic E-state index is 0.00515. The molecule has 2 aromatic carbocycles. The van der Waals surface area contributed by atoms with E-state index >= 15 is 8.78 Å². The van der Waals surface area contributed by atoms with Gasteiger partial charge in [0, 0.05) is 48.4 Å². The van der Waals surface area contributed by atoms with Crippen LogP contribution in [0.3, 0.4) is 0 Å². The summed E-state index contributed by atoms with van der Waals surface area (Å²) in [4.78, 5) is 3.24. The number of benzene rings is 2. The van der Waals surface area contributed by atoms with Gasteiger partial charge >= 0.3 is 6.18 Å². The maximum atomic E-state index is 15.6. The van der Waals surface area contributed by atoms with Crippen molar-refractivity contribution < 1.29 is 31.4 Å². The Bertz CT molecular complexity index is 1130. The minimum atomic E-state index is -4.57. The summed E-state index contributed by atoms with van der Waals surface area (Å²) in [6.07, 6.45) is -1.95.